The van der Waals surface area contributed by atoms with Crippen LogP contribution in [-0.2, 0) is 5.54 Å². The third-order valence-corrected chi connectivity index (χ3v) is 2.07. The molecule has 1 aromatic carbocycles. The van der Waals surface area contributed by atoms with E-state index in [9.17, 15) is 18.0 Å². The Bertz CT molecular complexity index is 452. The molecule has 0 unspecified atom stereocenters. The first-order valence-electron chi connectivity index (χ1n) is 4.36. The maximum atomic E-state index is 13.4. The second kappa shape index (κ2) is 3.79. The maximum Gasteiger partial charge on any atom is 0.341 e. The van der Waals surface area contributed by atoms with E-state index in [2.05, 4.69) is 0 Å². The number of rotatable bonds is 2. The largest absolute Gasteiger partial charge is 0.477 e. The van der Waals surface area contributed by atoms with Gasteiger partial charge < -0.3 is 10.8 Å². The molecule has 0 amide bonds. The highest BCUT2D eigenvalue weighted by Gasteiger charge is 2.28. The van der Waals surface area contributed by atoms with Gasteiger partial charge in [-0.2, -0.15) is 0 Å². The molecule has 3 N–H and O–H groups in total. The van der Waals surface area contributed by atoms with Gasteiger partial charge >= 0.3 is 5.97 Å². The average Bonchev–Trinajstić information content (AvgIpc) is 2.09. The van der Waals surface area contributed by atoms with Crippen LogP contribution in [-0.4, -0.2) is 11.1 Å². The molecule has 16 heavy (non-hydrogen) atoms. The Kier molecular flexibility index (Phi) is 2.96. The SMILES string of the molecule is CC(C)(N)c1cc(F)c(C(=O)O)c(F)c1F. The lowest BCUT2D eigenvalue weighted by atomic mass is 9.93. The molecule has 0 bridgehead atoms. The molecule has 0 spiro atoms. The summed E-state index contributed by atoms with van der Waals surface area (Å²) < 4.78 is 39.9. The Labute approximate surface area is 89.7 Å². The van der Waals surface area contributed by atoms with Crippen molar-refractivity contribution in [2.45, 2.75) is 19.4 Å². The minimum atomic E-state index is -1.87. The predicted molar refractivity (Wildman–Crippen MR) is 50.5 cm³/mol. The normalized spacial score (nSPS) is 11.6. The first-order valence-corrected chi connectivity index (χ1v) is 4.36. The zero-order valence-electron chi connectivity index (χ0n) is 8.64. The molecule has 0 aromatic heterocycles. The summed E-state index contributed by atoms with van der Waals surface area (Å²) in [5, 5.41) is 8.49. The van der Waals surface area contributed by atoms with Crippen molar-refractivity contribution in [3.05, 3.63) is 34.6 Å². The quantitative estimate of drug-likeness (QED) is 0.768. The number of carboxylic acids is 1. The highest BCUT2D eigenvalue weighted by Crippen LogP contribution is 2.26. The average molecular weight is 233 g/mol. The summed E-state index contributed by atoms with van der Waals surface area (Å²) in [4.78, 5) is 10.5. The highest BCUT2D eigenvalue weighted by atomic mass is 19.2. The molecule has 0 saturated heterocycles. The number of carbonyl (C=O) groups is 1. The van der Waals surface area contributed by atoms with Gasteiger partial charge in [-0.1, -0.05) is 0 Å². The van der Waals surface area contributed by atoms with Gasteiger partial charge in [0, 0.05) is 11.1 Å². The van der Waals surface area contributed by atoms with Crippen LogP contribution in [0.4, 0.5) is 13.2 Å². The molecule has 0 saturated carbocycles. The second-order valence-corrected chi connectivity index (χ2v) is 3.94. The highest BCUT2D eigenvalue weighted by molar-refractivity contribution is 5.88. The summed E-state index contributed by atoms with van der Waals surface area (Å²) in [5.41, 5.74) is 2.47. The van der Waals surface area contributed by atoms with Crippen LogP contribution in [0.2, 0.25) is 0 Å². The van der Waals surface area contributed by atoms with Crippen molar-refractivity contribution in [3.63, 3.8) is 0 Å². The molecule has 3 nitrogen and oxygen atoms in total. The van der Waals surface area contributed by atoms with E-state index in [4.69, 9.17) is 10.8 Å². The Morgan fingerprint density at radius 2 is 1.81 bits per heavy atom. The maximum absolute atomic E-state index is 13.4. The summed E-state index contributed by atoms with van der Waals surface area (Å²) >= 11 is 0. The van der Waals surface area contributed by atoms with Crippen molar-refractivity contribution in [3.8, 4) is 0 Å². The van der Waals surface area contributed by atoms with E-state index in [-0.39, 0.29) is 0 Å². The third-order valence-electron chi connectivity index (χ3n) is 2.07. The molecule has 0 radical (unpaired) electrons. The van der Waals surface area contributed by atoms with Gasteiger partial charge in [0.15, 0.2) is 11.6 Å². The Balaban J connectivity index is 3.58. The number of hydrogen-bond donors (Lipinski definition) is 2. The zero-order chi connectivity index (χ0) is 12.7. The predicted octanol–water partition coefficient (Wildman–Crippen LogP) is 2.00. The number of halogens is 3. The molecule has 0 aliphatic heterocycles. The van der Waals surface area contributed by atoms with Crippen LogP contribution >= 0.6 is 0 Å². The van der Waals surface area contributed by atoms with Gasteiger partial charge in [-0.25, -0.2) is 18.0 Å². The van der Waals surface area contributed by atoms with Crippen LogP contribution < -0.4 is 5.73 Å². The van der Waals surface area contributed by atoms with Crippen molar-refractivity contribution < 1.29 is 23.1 Å². The van der Waals surface area contributed by atoms with Crippen molar-refractivity contribution in [2.24, 2.45) is 5.73 Å². The van der Waals surface area contributed by atoms with Gasteiger partial charge in [-0.3, -0.25) is 0 Å². The van der Waals surface area contributed by atoms with E-state index in [0.717, 1.165) is 0 Å². The fourth-order valence-electron chi connectivity index (χ4n) is 1.26. The Hall–Kier alpha value is -1.56. The fourth-order valence-corrected chi connectivity index (χ4v) is 1.26. The first kappa shape index (κ1) is 12.5. The number of hydrogen-bond acceptors (Lipinski definition) is 2. The number of aromatic carboxylic acids is 1. The number of carboxylic acid groups (broad SMARTS) is 1. The minimum Gasteiger partial charge on any atom is -0.477 e. The first-order chi connectivity index (χ1) is 7.16. The molecular formula is C10H10F3NO2. The molecule has 0 aliphatic carbocycles. The summed E-state index contributed by atoms with van der Waals surface area (Å²) in [6.07, 6.45) is 0. The van der Waals surface area contributed by atoms with E-state index in [0.29, 0.717) is 6.07 Å². The van der Waals surface area contributed by atoms with Gasteiger partial charge in [-0.15, -0.1) is 0 Å². The van der Waals surface area contributed by atoms with Crippen LogP contribution in [0.1, 0.15) is 29.8 Å². The smallest absolute Gasteiger partial charge is 0.341 e. The van der Waals surface area contributed by atoms with Crippen LogP contribution in [0.3, 0.4) is 0 Å². The molecule has 1 rings (SSSR count). The molecule has 0 fully saturated rings. The lowest BCUT2D eigenvalue weighted by Crippen LogP contribution is -2.31. The van der Waals surface area contributed by atoms with E-state index < -0.39 is 40.1 Å². The van der Waals surface area contributed by atoms with E-state index in [1.807, 2.05) is 0 Å². The van der Waals surface area contributed by atoms with Gasteiger partial charge in [-0.05, 0) is 19.9 Å². The summed E-state index contributed by atoms with van der Waals surface area (Å²) in [7, 11) is 0. The van der Waals surface area contributed by atoms with E-state index in [1.165, 1.54) is 13.8 Å². The van der Waals surface area contributed by atoms with Crippen molar-refractivity contribution in [1.29, 1.82) is 0 Å². The van der Waals surface area contributed by atoms with Crippen LogP contribution in [0.25, 0.3) is 0 Å². The van der Waals surface area contributed by atoms with Crippen LogP contribution in [0.15, 0.2) is 6.07 Å². The Morgan fingerprint density at radius 3 is 2.19 bits per heavy atom. The van der Waals surface area contributed by atoms with E-state index in [1.54, 1.807) is 0 Å². The van der Waals surface area contributed by atoms with Gasteiger partial charge in [0.25, 0.3) is 0 Å². The molecule has 0 atom stereocenters. The Morgan fingerprint density at radius 1 is 1.31 bits per heavy atom. The standard InChI is InChI=1S/C10H10F3NO2/c1-10(2,14)4-3-5(11)6(9(15)16)8(13)7(4)12/h3H,14H2,1-2H3,(H,15,16). The number of nitrogens with two attached hydrogens (primary N) is 1. The number of benzene rings is 1. The van der Waals surface area contributed by atoms with Gasteiger partial charge in [0.1, 0.15) is 11.4 Å². The van der Waals surface area contributed by atoms with Crippen molar-refractivity contribution in [2.75, 3.05) is 0 Å². The van der Waals surface area contributed by atoms with Crippen LogP contribution in [0, 0.1) is 17.5 Å². The third kappa shape index (κ3) is 2.01. The molecule has 0 aliphatic rings. The molecule has 1 aromatic rings. The molecule has 88 valence electrons. The van der Waals surface area contributed by atoms with Crippen molar-refractivity contribution in [1.82, 2.24) is 0 Å². The second-order valence-electron chi connectivity index (χ2n) is 3.94. The van der Waals surface area contributed by atoms with E-state index >= 15 is 0 Å². The molecule has 0 heterocycles. The monoisotopic (exact) mass is 233 g/mol. The molecular weight excluding hydrogens is 223 g/mol. The van der Waals surface area contributed by atoms with Crippen molar-refractivity contribution >= 4 is 5.97 Å². The zero-order valence-corrected chi connectivity index (χ0v) is 8.64. The topological polar surface area (TPSA) is 63.3 Å². The summed E-state index contributed by atoms with van der Waals surface area (Å²) in [6, 6.07) is 0.599. The lowest BCUT2D eigenvalue weighted by Gasteiger charge is -2.20. The van der Waals surface area contributed by atoms with Gasteiger partial charge in [0.2, 0.25) is 0 Å². The van der Waals surface area contributed by atoms with Crippen LogP contribution in [0.5, 0.6) is 0 Å². The lowest BCUT2D eigenvalue weighted by molar-refractivity contribution is 0.0684. The molecule has 6 heteroatoms. The minimum absolute atomic E-state index is 0.410. The fraction of sp³-hybridized carbons (Fsp3) is 0.300. The van der Waals surface area contributed by atoms with Gasteiger partial charge in [0.05, 0.1) is 0 Å². The summed E-state index contributed by atoms with van der Waals surface area (Å²) in [5.74, 6) is -6.39. The summed E-state index contributed by atoms with van der Waals surface area (Å²) in [6.45, 7) is 2.70.